The van der Waals surface area contributed by atoms with Crippen molar-refractivity contribution in [2.45, 2.75) is 25.5 Å². The van der Waals surface area contributed by atoms with Crippen LogP contribution in [0, 0.1) is 6.92 Å². The van der Waals surface area contributed by atoms with Crippen LogP contribution < -0.4 is 10.5 Å². The molecule has 0 fully saturated rings. The summed E-state index contributed by atoms with van der Waals surface area (Å²) in [6.45, 7) is 5.77. The van der Waals surface area contributed by atoms with Crippen LogP contribution in [0.5, 0.6) is 5.75 Å². The molecule has 0 amide bonds. The maximum atomic E-state index is 5.66. The monoisotopic (exact) mass is 239 g/mol. The second-order valence-corrected chi connectivity index (χ2v) is 5.48. The molecule has 1 aromatic rings. The van der Waals surface area contributed by atoms with Crippen molar-refractivity contribution in [2.75, 3.05) is 18.9 Å². The van der Waals surface area contributed by atoms with Gasteiger partial charge in [0.25, 0.3) is 0 Å². The van der Waals surface area contributed by atoms with Gasteiger partial charge in [-0.05, 0) is 36.8 Å². The first-order chi connectivity index (χ1) is 7.72. The van der Waals surface area contributed by atoms with E-state index in [9.17, 15) is 0 Å². The van der Waals surface area contributed by atoms with Crippen molar-refractivity contribution in [3.8, 4) is 5.75 Å². The van der Waals surface area contributed by atoms with Gasteiger partial charge >= 0.3 is 0 Å². The van der Waals surface area contributed by atoms with Gasteiger partial charge in [-0.3, -0.25) is 0 Å². The van der Waals surface area contributed by atoms with Gasteiger partial charge in [-0.25, -0.2) is 0 Å². The van der Waals surface area contributed by atoms with Crippen LogP contribution in [0.1, 0.15) is 18.9 Å². The molecular formula is C13H21NOS. The minimum Gasteiger partial charge on any atom is -0.494 e. The number of nitrogens with two attached hydrogens (primary N) is 1. The van der Waals surface area contributed by atoms with Gasteiger partial charge in [-0.1, -0.05) is 19.1 Å². The number of hydrogen-bond donors (Lipinski definition) is 1. The summed E-state index contributed by atoms with van der Waals surface area (Å²) in [5, 5.41) is 0.555. The molecule has 0 radical (unpaired) electrons. The molecule has 0 aliphatic carbocycles. The number of ether oxygens (including phenoxy) is 1. The Morgan fingerprint density at radius 1 is 1.44 bits per heavy atom. The maximum absolute atomic E-state index is 5.66. The molecule has 1 unspecified atom stereocenters. The summed E-state index contributed by atoms with van der Waals surface area (Å²) in [4.78, 5) is 0. The van der Waals surface area contributed by atoms with Crippen LogP contribution >= 0.6 is 11.8 Å². The molecule has 1 rings (SSSR count). The number of aryl methyl sites for hydroxylation is 1. The second-order valence-electron chi connectivity index (χ2n) is 3.94. The smallest absolute Gasteiger partial charge is 0.119 e. The number of rotatable bonds is 7. The highest BCUT2D eigenvalue weighted by Gasteiger charge is 1.99. The van der Waals surface area contributed by atoms with Crippen LogP contribution in [0.2, 0.25) is 0 Å². The van der Waals surface area contributed by atoms with Gasteiger partial charge in [0.1, 0.15) is 5.75 Å². The van der Waals surface area contributed by atoms with Crippen LogP contribution in [-0.4, -0.2) is 24.2 Å². The van der Waals surface area contributed by atoms with Gasteiger partial charge in [0, 0.05) is 11.8 Å². The summed E-state index contributed by atoms with van der Waals surface area (Å²) < 4.78 is 5.66. The summed E-state index contributed by atoms with van der Waals surface area (Å²) >= 11 is 1.91. The zero-order valence-corrected chi connectivity index (χ0v) is 10.9. The van der Waals surface area contributed by atoms with Crippen molar-refractivity contribution in [2.24, 2.45) is 5.73 Å². The third-order valence-electron chi connectivity index (χ3n) is 2.28. The lowest BCUT2D eigenvalue weighted by Gasteiger charge is -2.09. The SMILES string of the molecule is Cc1cccc(OCCCSC(C)CN)c1. The van der Waals surface area contributed by atoms with Crippen LogP contribution in [0.4, 0.5) is 0 Å². The summed E-state index contributed by atoms with van der Waals surface area (Å²) in [6.07, 6.45) is 1.07. The Morgan fingerprint density at radius 3 is 2.94 bits per heavy atom. The predicted molar refractivity (Wildman–Crippen MR) is 72.3 cm³/mol. The largest absolute Gasteiger partial charge is 0.494 e. The molecular weight excluding hydrogens is 218 g/mol. The number of thioether (sulfide) groups is 1. The average molecular weight is 239 g/mol. The molecule has 2 nitrogen and oxygen atoms in total. The predicted octanol–water partition coefficient (Wildman–Crippen LogP) is 2.84. The van der Waals surface area contributed by atoms with E-state index >= 15 is 0 Å². The van der Waals surface area contributed by atoms with Crippen molar-refractivity contribution >= 4 is 11.8 Å². The Kier molecular flexibility index (Phi) is 6.34. The fraction of sp³-hybridized carbons (Fsp3) is 0.538. The van der Waals surface area contributed by atoms with E-state index in [-0.39, 0.29) is 0 Å². The van der Waals surface area contributed by atoms with Gasteiger partial charge in [-0.15, -0.1) is 0 Å². The topological polar surface area (TPSA) is 35.2 Å². The molecule has 0 saturated heterocycles. The quantitative estimate of drug-likeness (QED) is 0.743. The van der Waals surface area contributed by atoms with Crippen LogP contribution in [0.3, 0.4) is 0 Å². The zero-order valence-electron chi connectivity index (χ0n) is 10.1. The third kappa shape index (κ3) is 5.42. The van der Waals surface area contributed by atoms with E-state index in [2.05, 4.69) is 26.0 Å². The lowest BCUT2D eigenvalue weighted by Crippen LogP contribution is -2.13. The minimum atomic E-state index is 0.555. The van der Waals surface area contributed by atoms with E-state index < -0.39 is 0 Å². The minimum absolute atomic E-state index is 0.555. The first kappa shape index (κ1) is 13.4. The van der Waals surface area contributed by atoms with Gasteiger partial charge in [0.05, 0.1) is 6.61 Å². The summed E-state index contributed by atoms with van der Waals surface area (Å²) in [6, 6.07) is 8.17. The first-order valence-electron chi connectivity index (χ1n) is 5.73. The van der Waals surface area contributed by atoms with E-state index in [1.807, 2.05) is 23.9 Å². The van der Waals surface area contributed by atoms with Crippen LogP contribution in [0.25, 0.3) is 0 Å². The Morgan fingerprint density at radius 2 is 2.25 bits per heavy atom. The third-order valence-corrected chi connectivity index (χ3v) is 3.57. The highest BCUT2D eigenvalue weighted by molar-refractivity contribution is 7.99. The molecule has 0 saturated carbocycles. The zero-order chi connectivity index (χ0) is 11.8. The summed E-state index contributed by atoms with van der Waals surface area (Å²) in [5.41, 5.74) is 6.78. The molecule has 3 heteroatoms. The molecule has 0 aliphatic rings. The van der Waals surface area contributed by atoms with Crippen molar-refractivity contribution in [3.05, 3.63) is 29.8 Å². The highest BCUT2D eigenvalue weighted by atomic mass is 32.2. The molecule has 1 atom stereocenters. The molecule has 2 N–H and O–H groups in total. The maximum Gasteiger partial charge on any atom is 0.119 e. The summed E-state index contributed by atoms with van der Waals surface area (Å²) in [5.74, 6) is 2.08. The molecule has 16 heavy (non-hydrogen) atoms. The molecule has 90 valence electrons. The van der Waals surface area contributed by atoms with E-state index in [4.69, 9.17) is 10.5 Å². The number of hydrogen-bond acceptors (Lipinski definition) is 3. The van der Waals surface area contributed by atoms with E-state index in [1.54, 1.807) is 0 Å². The fourth-order valence-corrected chi connectivity index (χ4v) is 2.13. The normalized spacial score (nSPS) is 12.4. The Hall–Kier alpha value is -0.670. The lowest BCUT2D eigenvalue weighted by atomic mass is 10.2. The first-order valence-corrected chi connectivity index (χ1v) is 6.78. The molecule has 0 aromatic heterocycles. The number of benzene rings is 1. The molecule has 0 heterocycles. The van der Waals surface area contributed by atoms with E-state index in [1.165, 1.54) is 5.56 Å². The van der Waals surface area contributed by atoms with Gasteiger partial charge in [-0.2, -0.15) is 11.8 Å². The molecule has 0 bridgehead atoms. The standard InChI is InChI=1S/C13H21NOS/c1-11-5-3-6-13(9-11)15-7-4-8-16-12(2)10-14/h3,5-6,9,12H,4,7-8,10,14H2,1-2H3. The van der Waals surface area contributed by atoms with Crippen molar-refractivity contribution in [1.82, 2.24) is 0 Å². The van der Waals surface area contributed by atoms with Crippen molar-refractivity contribution in [1.29, 1.82) is 0 Å². The van der Waals surface area contributed by atoms with Gasteiger partial charge < -0.3 is 10.5 Å². The fourth-order valence-electron chi connectivity index (χ4n) is 1.31. The average Bonchev–Trinajstić information content (AvgIpc) is 2.28. The van der Waals surface area contributed by atoms with Gasteiger partial charge in [0.2, 0.25) is 0 Å². The van der Waals surface area contributed by atoms with E-state index in [0.717, 1.165) is 31.1 Å². The molecule has 0 aliphatic heterocycles. The van der Waals surface area contributed by atoms with Crippen LogP contribution in [-0.2, 0) is 0 Å². The van der Waals surface area contributed by atoms with Gasteiger partial charge in [0.15, 0.2) is 0 Å². The Bertz CT molecular complexity index is 304. The second kappa shape index (κ2) is 7.58. The van der Waals surface area contributed by atoms with Crippen molar-refractivity contribution < 1.29 is 4.74 Å². The van der Waals surface area contributed by atoms with Crippen molar-refractivity contribution in [3.63, 3.8) is 0 Å². The van der Waals surface area contributed by atoms with Crippen LogP contribution in [0.15, 0.2) is 24.3 Å². The highest BCUT2D eigenvalue weighted by Crippen LogP contribution is 2.14. The Balaban J connectivity index is 2.12. The van der Waals surface area contributed by atoms with E-state index in [0.29, 0.717) is 5.25 Å². The molecule has 0 spiro atoms. The molecule has 1 aromatic carbocycles. The summed E-state index contributed by atoms with van der Waals surface area (Å²) in [7, 11) is 0. The Labute approximate surface area is 103 Å². The lowest BCUT2D eigenvalue weighted by molar-refractivity contribution is 0.318.